The van der Waals surface area contributed by atoms with Crippen molar-refractivity contribution in [1.82, 2.24) is 0 Å². The fraction of sp³-hybridized carbons (Fsp3) is 0.250. The predicted octanol–water partition coefficient (Wildman–Crippen LogP) is 2.68. The van der Waals surface area contributed by atoms with Crippen LogP contribution in [0.4, 0.5) is 11.4 Å². The highest BCUT2D eigenvalue weighted by Gasteiger charge is 2.19. The molecule has 10 nitrogen and oxygen atoms in total. The summed E-state index contributed by atoms with van der Waals surface area (Å²) in [5.41, 5.74) is 0.686. The van der Waals surface area contributed by atoms with Crippen molar-refractivity contribution in [3.8, 4) is 11.5 Å². The van der Waals surface area contributed by atoms with Crippen LogP contribution in [0.1, 0.15) is 22.8 Å². The minimum atomic E-state index is -0.831. The summed E-state index contributed by atoms with van der Waals surface area (Å²) in [6, 6.07) is 8.84. The molecule has 0 bridgehead atoms. The maximum atomic E-state index is 12.0. The van der Waals surface area contributed by atoms with E-state index in [1.807, 2.05) is 0 Å². The second-order valence-corrected chi connectivity index (χ2v) is 6.15. The molecular weight excluding hydrogens is 396 g/mol. The van der Waals surface area contributed by atoms with E-state index in [4.69, 9.17) is 14.2 Å². The van der Waals surface area contributed by atoms with Gasteiger partial charge in [-0.05, 0) is 37.6 Å². The first-order valence-corrected chi connectivity index (χ1v) is 8.74. The van der Waals surface area contributed by atoms with Gasteiger partial charge in [0, 0.05) is 11.6 Å². The zero-order valence-electron chi connectivity index (χ0n) is 16.6. The van der Waals surface area contributed by atoms with Crippen LogP contribution in [0.15, 0.2) is 36.4 Å². The van der Waals surface area contributed by atoms with Crippen LogP contribution in [-0.4, -0.2) is 42.9 Å². The third-order valence-corrected chi connectivity index (χ3v) is 3.99. The lowest BCUT2D eigenvalue weighted by Crippen LogP contribution is -2.24. The van der Waals surface area contributed by atoms with E-state index in [2.05, 4.69) is 5.32 Å². The van der Waals surface area contributed by atoms with Gasteiger partial charge in [-0.15, -0.1) is 0 Å². The van der Waals surface area contributed by atoms with Gasteiger partial charge in [0.25, 0.3) is 11.6 Å². The van der Waals surface area contributed by atoms with Gasteiger partial charge < -0.3 is 19.5 Å². The highest BCUT2D eigenvalue weighted by Crippen LogP contribution is 2.29. The number of rotatable bonds is 9. The van der Waals surface area contributed by atoms with Crippen LogP contribution in [0.25, 0.3) is 0 Å². The van der Waals surface area contributed by atoms with E-state index >= 15 is 0 Å². The van der Waals surface area contributed by atoms with Gasteiger partial charge in [-0.1, -0.05) is 12.1 Å². The van der Waals surface area contributed by atoms with Crippen molar-refractivity contribution in [2.75, 3.05) is 25.6 Å². The fourth-order valence-electron chi connectivity index (χ4n) is 2.47. The number of amides is 1. The third kappa shape index (κ3) is 5.77. The van der Waals surface area contributed by atoms with Gasteiger partial charge >= 0.3 is 5.97 Å². The van der Waals surface area contributed by atoms with Crippen LogP contribution in [0.3, 0.4) is 0 Å². The van der Waals surface area contributed by atoms with Crippen LogP contribution in [0.5, 0.6) is 11.5 Å². The second-order valence-electron chi connectivity index (χ2n) is 6.15. The molecule has 1 N–H and O–H groups in total. The summed E-state index contributed by atoms with van der Waals surface area (Å²) >= 11 is 0. The predicted molar refractivity (Wildman–Crippen MR) is 106 cm³/mol. The largest absolute Gasteiger partial charge is 0.493 e. The summed E-state index contributed by atoms with van der Waals surface area (Å²) in [4.78, 5) is 45.7. The summed E-state index contributed by atoms with van der Waals surface area (Å²) in [5.74, 6) is -1.23. The molecule has 0 aromatic heterocycles. The van der Waals surface area contributed by atoms with Crippen LogP contribution in [-0.2, 0) is 14.3 Å². The average Bonchev–Trinajstić information content (AvgIpc) is 2.71. The maximum absolute atomic E-state index is 12.0. The first-order valence-electron chi connectivity index (χ1n) is 8.74. The average molecular weight is 416 g/mol. The van der Waals surface area contributed by atoms with Gasteiger partial charge in [0.05, 0.1) is 12.0 Å². The molecule has 0 aliphatic heterocycles. The zero-order chi connectivity index (χ0) is 22.3. The lowest BCUT2D eigenvalue weighted by atomic mass is 10.1. The van der Waals surface area contributed by atoms with Crippen molar-refractivity contribution >= 4 is 29.0 Å². The number of anilines is 1. The van der Waals surface area contributed by atoms with Crippen molar-refractivity contribution < 1.29 is 33.5 Å². The molecule has 158 valence electrons. The van der Waals surface area contributed by atoms with Crippen molar-refractivity contribution in [3.05, 3.63) is 57.6 Å². The highest BCUT2D eigenvalue weighted by molar-refractivity contribution is 5.96. The van der Waals surface area contributed by atoms with E-state index in [-0.39, 0.29) is 28.7 Å². The number of nitro groups is 1. The Balaban J connectivity index is 1.91. The summed E-state index contributed by atoms with van der Waals surface area (Å²) in [7, 11) is 1.39. The Labute approximate surface area is 171 Å². The minimum Gasteiger partial charge on any atom is -0.493 e. The molecule has 30 heavy (non-hydrogen) atoms. The van der Waals surface area contributed by atoms with Crippen LogP contribution in [0.2, 0.25) is 0 Å². The van der Waals surface area contributed by atoms with Crippen molar-refractivity contribution in [3.63, 3.8) is 0 Å². The molecule has 1 amide bonds. The molecule has 0 heterocycles. The molecule has 0 fully saturated rings. The van der Waals surface area contributed by atoms with Crippen molar-refractivity contribution in [1.29, 1.82) is 0 Å². The van der Waals surface area contributed by atoms with Crippen molar-refractivity contribution in [2.24, 2.45) is 0 Å². The summed E-state index contributed by atoms with van der Waals surface area (Å²) in [6.45, 7) is 1.86. The Bertz CT molecular complexity index is 987. The van der Waals surface area contributed by atoms with Crippen LogP contribution in [0, 0.1) is 17.0 Å². The number of ketones is 1. The van der Waals surface area contributed by atoms with Crippen molar-refractivity contribution in [2.45, 2.75) is 13.8 Å². The molecule has 0 aliphatic rings. The van der Waals surface area contributed by atoms with E-state index in [0.29, 0.717) is 11.1 Å². The van der Waals surface area contributed by atoms with Gasteiger partial charge in [-0.2, -0.15) is 0 Å². The molecule has 0 aliphatic carbocycles. The Hall–Kier alpha value is -3.95. The van der Waals surface area contributed by atoms with Gasteiger partial charge in [0.1, 0.15) is 5.69 Å². The molecule has 0 spiro atoms. The fourth-order valence-corrected chi connectivity index (χ4v) is 2.47. The number of para-hydroxylation sites is 1. The molecule has 10 heteroatoms. The Morgan fingerprint density at radius 3 is 2.47 bits per heavy atom. The Morgan fingerprint density at radius 1 is 1.10 bits per heavy atom. The van der Waals surface area contributed by atoms with E-state index in [1.54, 1.807) is 13.0 Å². The first-order chi connectivity index (χ1) is 14.2. The number of aryl methyl sites for hydroxylation is 1. The van der Waals surface area contributed by atoms with E-state index in [0.717, 1.165) is 0 Å². The Kier molecular flexibility index (Phi) is 7.45. The highest BCUT2D eigenvalue weighted by atomic mass is 16.6. The number of Topliss-reactive ketones (excluding diaryl/α,β-unsaturated/α-hetero) is 1. The smallest absolute Gasteiger partial charge is 0.344 e. The normalized spacial score (nSPS) is 10.1. The lowest BCUT2D eigenvalue weighted by Gasteiger charge is -2.12. The molecule has 0 unspecified atom stereocenters. The third-order valence-electron chi connectivity index (χ3n) is 3.99. The standard InChI is InChI=1S/C20H20N2O8/c1-12-5-4-6-15(22(26)27)20(12)21-18(24)10-30-19(25)11-29-16-8-7-14(13(2)23)9-17(16)28-3/h4-9H,10-11H2,1-3H3,(H,21,24). The number of esters is 1. The van der Waals surface area contributed by atoms with Crippen LogP contribution >= 0.6 is 0 Å². The Morgan fingerprint density at radius 2 is 1.83 bits per heavy atom. The molecular formula is C20H20N2O8. The van der Waals surface area contributed by atoms with Gasteiger partial charge in [-0.3, -0.25) is 19.7 Å². The monoisotopic (exact) mass is 416 g/mol. The summed E-state index contributed by atoms with van der Waals surface area (Å²) in [6.07, 6.45) is 0. The number of nitro benzene ring substituents is 1. The van der Waals surface area contributed by atoms with Gasteiger partial charge in [0.15, 0.2) is 30.5 Å². The number of carbonyl (C=O) groups is 3. The maximum Gasteiger partial charge on any atom is 0.344 e. The number of benzene rings is 2. The number of carbonyl (C=O) groups excluding carboxylic acids is 3. The quantitative estimate of drug-likeness (QED) is 0.285. The van der Waals surface area contributed by atoms with E-state index in [1.165, 1.54) is 44.4 Å². The molecule has 0 saturated heterocycles. The SMILES string of the molecule is COc1cc(C(C)=O)ccc1OCC(=O)OCC(=O)Nc1c(C)cccc1[N+](=O)[O-]. The van der Waals surface area contributed by atoms with Crippen LogP contribution < -0.4 is 14.8 Å². The summed E-state index contributed by atoms with van der Waals surface area (Å²) in [5, 5.41) is 13.4. The molecule has 0 atom stereocenters. The van der Waals surface area contributed by atoms with E-state index in [9.17, 15) is 24.5 Å². The number of nitrogens with zero attached hydrogens (tertiary/aromatic N) is 1. The molecule has 0 saturated carbocycles. The van der Waals surface area contributed by atoms with E-state index < -0.39 is 30.0 Å². The number of hydrogen-bond acceptors (Lipinski definition) is 8. The first kappa shape index (κ1) is 22.3. The topological polar surface area (TPSA) is 134 Å². The number of ether oxygens (including phenoxy) is 3. The molecule has 2 aromatic carbocycles. The zero-order valence-corrected chi connectivity index (χ0v) is 16.6. The number of hydrogen-bond donors (Lipinski definition) is 1. The second kappa shape index (κ2) is 10.0. The molecule has 0 radical (unpaired) electrons. The lowest BCUT2D eigenvalue weighted by molar-refractivity contribution is -0.384. The van der Waals surface area contributed by atoms with Gasteiger partial charge in [-0.25, -0.2) is 4.79 Å². The number of methoxy groups -OCH3 is 1. The summed E-state index contributed by atoms with van der Waals surface area (Å²) < 4.78 is 15.3. The number of nitrogens with one attached hydrogen (secondary N) is 1. The molecule has 2 rings (SSSR count). The minimum absolute atomic E-state index is 0.0371. The molecule has 2 aromatic rings. The van der Waals surface area contributed by atoms with Gasteiger partial charge in [0.2, 0.25) is 0 Å².